The molecule has 0 aromatic heterocycles. The number of sulfonamides is 1. The molecule has 0 saturated heterocycles. The summed E-state index contributed by atoms with van der Waals surface area (Å²) in [5.41, 5.74) is 2.90. The highest BCUT2D eigenvalue weighted by molar-refractivity contribution is 7.92. The number of benzene rings is 3. The fourth-order valence-corrected chi connectivity index (χ4v) is 4.10. The third kappa shape index (κ3) is 6.98. The van der Waals surface area contributed by atoms with Crippen molar-refractivity contribution in [3.8, 4) is 11.5 Å². The van der Waals surface area contributed by atoms with Gasteiger partial charge in [0.05, 0.1) is 32.1 Å². The quantitative estimate of drug-likeness (QED) is 0.458. The van der Waals surface area contributed by atoms with Gasteiger partial charge in [-0.1, -0.05) is 24.3 Å². The molecule has 0 aliphatic heterocycles. The Bertz CT molecular complexity index is 1180. The van der Waals surface area contributed by atoms with Crippen LogP contribution in [0, 0.1) is 6.92 Å². The Balaban J connectivity index is 1.57. The number of nitrogens with one attached hydrogen (secondary N) is 1. The van der Waals surface area contributed by atoms with Crippen LogP contribution in [0.4, 0.5) is 5.69 Å². The van der Waals surface area contributed by atoms with Crippen molar-refractivity contribution in [3.05, 3.63) is 89.5 Å². The maximum Gasteiger partial charge on any atom is 0.251 e. The molecule has 0 bridgehead atoms. The van der Waals surface area contributed by atoms with Crippen molar-refractivity contribution in [1.82, 2.24) is 5.32 Å². The summed E-state index contributed by atoms with van der Waals surface area (Å²) < 4.78 is 36.8. The molecule has 3 rings (SSSR count). The number of ether oxygens (including phenoxy) is 2. The van der Waals surface area contributed by atoms with Crippen LogP contribution >= 0.6 is 0 Å². The highest BCUT2D eigenvalue weighted by atomic mass is 32.2. The first-order valence-corrected chi connectivity index (χ1v) is 12.3. The molecule has 8 heteroatoms. The Morgan fingerprint density at radius 1 is 0.970 bits per heavy atom. The molecule has 0 fully saturated rings. The number of nitrogens with zero attached hydrogens (tertiary/aromatic N) is 1. The first-order chi connectivity index (χ1) is 15.8. The molecule has 0 heterocycles. The summed E-state index contributed by atoms with van der Waals surface area (Å²) in [5, 5.41) is 2.82. The van der Waals surface area contributed by atoms with Gasteiger partial charge in [0.15, 0.2) is 0 Å². The van der Waals surface area contributed by atoms with E-state index < -0.39 is 10.0 Å². The van der Waals surface area contributed by atoms with Crippen molar-refractivity contribution in [3.63, 3.8) is 0 Å². The van der Waals surface area contributed by atoms with Crippen molar-refractivity contribution < 1.29 is 22.7 Å². The zero-order valence-corrected chi connectivity index (χ0v) is 19.8. The molecule has 0 atom stereocenters. The zero-order chi connectivity index (χ0) is 23.8. The second-order valence-corrected chi connectivity index (χ2v) is 9.49. The minimum atomic E-state index is -3.50. The SMILES string of the molecule is COc1ccc(N(Cc2ccc(C(=O)NCCOc3cccc(C)c3)cc2)S(C)(=O)=O)cc1. The fourth-order valence-electron chi connectivity index (χ4n) is 3.22. The lowest BCUT2D eigenvalue weighted by Gasteiger charge is -2.23. The minimum absolute atomic E-state index is 0.150. The zero-order valence-electron chi connectivity index (χ0n) is 18.9. The average molecular weight is 469 g/mol. The van der Waals surface area contributed by atoms with Gasteiger partial charge in [0.2, 0.25) is 10.0 Å². The van der Waals surface area contributed by atoms with Gasteiger partial charge in [-0.2, -0.15) is 0 Å². The third-order valence-corrected chi connectivity index (χ3v) is 6.09. The third-order valence-electron chi connectivity index (χ3n) is 4.95. The maximum atomic E-state index is 12.4. The van der Waals surface area contributed by atoms with Crippen molar-refractivity contribution in [2.45, 2.75) is 13.5 Å². The van der Waals surface area contributed by atoms with E-state index in [0.29, 0.717) is 30.2 Å². The van der Waals surface area contributed by atoms with E-state index in [2.05, 4.69) is 5.32 Å². The van der Waals surface area contributed by atoms with Gasteiger partial charge in [-0.3, -0.25) is 9.10 Å². The Kier molecular flexibility index (Phi) is 7.95. The molecule has 0 saturated carbocycles. The first kappa shape index (κ1) is 24.1. The molecule has 7 nitrogen and oxygen atoms in total. The number of methoxy groups -OCH3 is 1. The Morgan fingerprint density at radius 2 is 1.67 bits per heavy atom. The van der Waals surface area contributed by atoms with Crippen LogP contribution in [0.1, 0.15) is 21.5 Å². The number of amides is 1. The van der Waals surface area contributed by atoms with Gasteiger partial charge >= 0.3 is 0 Å². The van der Waals surface area contributed by atoms with Crippen molar-refractivity contribution in [1.29, 1.82) is 0 Å². The number of rotatable bonds is 10. The lowest BCUT2D eigenvalue weighted by Crippen LogP contribution is -2.29. The largest absolute Gasteiger partial charge is 0.497 e. The summed E-state index contributed by atoms with van der Waals surface area (Å²) in [7, 11) is -1.95. The Labute approximate surface area is 195 Å². The van der Waals surface area contributed by atoms with Crippen molar-refractivity contribution in [2.75, 3.05) is 30.8 Å². The lowest BCUT2D eigenvalue weighted by molar-refractivity contribution is 0.0947. The molecule has 1 amide bonds. The molecule has 33 heavy (non-hydrogen) atoms. The number of hydrogen-bond donors (Lipinski definition) is 1. The summed E-state index contributed by atoms with van der Waals surface area (Å²) >= 11 is 0. The fraction of sp³-hybridized carbons (Fsp3) is 0.240. The van der Waals surface area contributed by atoms with E-state index in [9.17, 15) is 13.2 Å². The van der Waals surface area contributed by atoms with E-state index in [-0.39, 0.29) is 12.5 Å². The molecule has 0 aliphatic carbocycles. The molecular weight excluding hydrogens is 440 g/mol. The molecule has 0 spiro atoms. The van der Waals surface area contributed by atoms with Crippen LogP contribution in [0.15, 0.2) is 72.8 Å². The smallest absolute Gasteiger partial charge is 0.251 e. The van der Waals surface area contributed by atoms with Gasteiger partial charge in [-0.15, -0.1) is 0 Å². The predicted octanol–water partition coefficient (Wildman–Crippen LogP) is 3.78. The van der Waals surface area contributed by atoms with Crippen LogP contribution in [0.3, 0.4) is 0 Å². The van der Waals surface area contributed by atoms with E-state index in [0.717, 1.165) is 23.1 Å². The summed E-state index contributed by atoms with van der Waals surface area (Å²) in [4.78, 5) is 12.4. The monoisotopic (exact) mass is 468 g/mol. The van der Waals surface area contributed by atoms with Crippen LogP contribution < -0.4 is 19.1 Å². The molecule has 0 radical (unpaired) electrons. The van der Waals surface area contributed by atoms with Gasteiger partial charge in [0, 0.05) is 5.56 Å². The molecule has 3 aromatic rings. The number of hydrogen-bond acceptors (Lipinski definition) is 5. The first-order valence-electron chi connectivity index (χ1n) is 10.4. The van der Waals surface area contributed by atoms with Crippen LogP contribution in [0.5, 0.6) is 11.5 Å². The average Bonchev–Trinajstić information content (AvgIpc) is 2.80. The molecule has 0 aliphatic rings. The second kappa shape index (κ2) is 10.9. The molecule has 1 N–H and O–H groups in total. The summed E-state index contributed by atoms with van der Waals surface area (Å²) in [5.74, 6) is 1.19. The second-order valence-electron chi connectivity index (χ2n) is 7.59. The normalized spacial score (nSPS) is 11.0. The van der Waals surface area contributed by atoms with Gasteiger partial charge in [0.1, 0.15) is 18.1 Å². The highest BCUT2D eigenvalue weighted by Gasteiger charge is 2.18. The molecule has 174 valence electrons. The van der Waals surface area contributed by atoms with E-state index in [1.165, 1.54) is 4.31 Å². The van der Waals surface area contributed by atoms with Gasteiger partial charge in [-0.05, 0) is 66.6 Å². The van der Waals surface area contributed by atoms with Crippen molar-refractivity contribution >= 4 is 21.6 Å². The number of carbonyl (C=O) groups excluding carboxylic acids is 1. The minimum Gasteiger partial charge on any atom is -0.497 e. The maximum absolute atomic E-state index is 12.4. The Hall–Kier alpha value is -3.52. The number of anilines is 1. The topological polar surface area (TPSA) is 84.9 Å². The van der Waals surface area contributed by atoms with Crippen LogP contribution in [-0.4, -0.2) is 40.8 Å². The van der Waals surface area contributed by atoms with E-state index in [4.69, 9.17) is 9.47 Å². The summed E-state index contributed by atoms with van der Waals surface area (Å²) in [6, 6.07) is 21.4. The molecular formula is C25H28N2O5S. The van der Waals surface area contributed by atoms with Gasteiger partial charge in [0.25, 0.3) is 5.91 Å². The van der Waals surface area contributed by atoms with Crippen LogP contribution in [0.25, 0.3) is 0 Å². The molecule has 3 aromatic carbocycles. The van der Waals surface area contributed by atoms with Crippen molar-refractivity contribution in [2.24, 2.45) is 0 Å². The summed E-state index contributed by atoms with van der Waals surface area (Å²) in [6.07, 6.45) is 1.16. The van der Waals surface area contributed by atoms with E-state index in [1.807, 2.05) is 31.2 Å². The molecule has 0 unspecified atom stereocenters. The van der Waals surface area contributed by atoms with E-state index >= 15 is 0 Å². The van der Waals surface area contributed by atoms with Gasteiger partial charge < -0.3 is 14.8 Å². The van der Waals surface area contributed by atoms with Crippen LogP contribution in [0.2, 0.25) is 0 Å². The Morgan fingerprint density at radius 3 is 2.27 bits per heavy atom. The highest BCUT2D eigenvalue weighted by Crippen LogP contribution is 2.23. The van der Waals surface area contributed by atoms with Gasteiger partial charge in [-0.25, -0.2) is 8.42 Å². The van der Waals surface area contributed by atoms with E-state index in [1.54, 1.807) is 55.6 Å². The number of aryl methyl sites for hydroxylation is 1. The van der Waals surface area contributed by atoms with Crippen LogP contribution in [-0.2, 0) is 16.6 Å². The summed E-state index contributed by atoms with van der Waals surface area (Å²) in [6.45, 7) is 2.87. The predicted molar refractivity (Wildman–Crippen MR) is 129 cm³/mol. The number of carbonyl (C=O) groups is 1. The standard InChI is InChI=1S/C25H28N2O5S/c1-19-5-4-6-24(17-19)32-16-15-26-25(28)21-9-7-20(8-10-21)18-27(33(3,29)30)22-11-13-23(31-2)14-12-22/h4-14,17H,15-16,18H2,1-3H3,(H,26,28). The lowest BCUT2D eigenvalue weighted by atomic mass is 10.1.